The first-order chi connectivity index (χ1) is 7.96. The van der Waals surface area contributed by atoms with Crippen LogP contribution in [-0.2, 0) is 17.1 Å². The van der Waals surface area contributed by atoms with Crippen molar-refractivity contribution in [1.82, 2.24) is 14.1 Å². The van der Waals surface area contributed by atoms with Gasteiger partial charge in [-0.1, -0.05) is 0 Å². The molecule has 0 radical (unpaired) electrons. The molecule has 2 N–H and O–H groups in total. The molecule has 1 saturated carbocycles. The van der Waals surface area contributed by atoms with Gasteiger partial charge in [0.05, 0.1) is 6.20 Å². The van der Waals surface area contributed by atoms with Crippen LogP contribution in [0.3, 0.4) is 0 Å². The van der Waals surface area contributed by atoms with E-state index in [0.29, 0.717) is 12.5 Å². The molecule has 17 heavy (non-hydrogen) atoms. The maximum atomic E-state index is 12.3. The van der Waals surface area contributed by atoms with E-state index < -0.39 is 10.0 Å². The van der Waals surface area contributed by atoms with Crippen molar-refractivity contribution in [2.24, 2.45) is 18.7 Å². The molecule has 1 aromatic rings. The van der Waals surface area contributed by atoms with Crippen LogP contribution in [0.5, 0.6) is 0 Å². The Morgan fingerprint density at radius 2 is 2.29 bits per heavy atom. The Balaban J connectivity index is 2.25. The lowest BCUT2D eigenvalue weighted by molar-refractivity contribution is 0.340. The van der Waals surface area contributed by atoms with E-state index in [1.807, 2.05) is 0 Å². The summed E-state index contributed by atoms with van der Waals surface area (Å²) in [4.78, 5) is 0.224. The fraction of sp³-hybridized carbons (Fsp3) is 0.700. The topological polar surface area (TPSA) is 81.2 Å². The Kier molecular flexibility index (Phi) is 3.24. The quantitative estimate of drug-likeness (QED) is 0.791. The molecule has 0 bridgehead atoms. The maximum absolute atomic E-state index is 12.3. The molecule has 6 nitrogen and oxygen atoms in total. The number of aromatic nitrogens is 2. The van der Waals surface area contributed by atoms with Crippen molar-refractivity contribution in [3.63, 3.8) is 0 Å². The third-order valence-corrected chi connectivity index (χ3v) is 5.07. The van der Waals surface area contributed by atoms with Gasteiger partial charge >= 0.3 is 0 Å². The molecule has 1 aliphatic rings. The molecule has 0 aromatic carbocycles. The van der Waals surface area contributed by atoms with Crippen LogP contribution in [-0.4, -0.2) is 42.1 Å². The summed E-state index contributed by atoms with van der Waals surface area (Å²) in [5.74, 6) is 0.413. The summed E-state index contributed by atoms with van der Waals surface area (Å²) in [5, 5.41) is 3.89. The number of aryl methyl sites for hydroxylation is 1. The fourth-order valence-electron chi connectivity index (χ4n) is 2.00. The SMILES string of the molecule is CN(C(CN)C1CC1)S(=O)(=O)c1cnn(C)c1. The molecule has 0 saturated heterocycles. The maximum Gasteiger partial charge on any atom is 0.246 e. The van der Waals surface area contributed by atoms with Crippen LogP contribution in [0.25, 0.3) is 0 Å². The lowest BCUT2D eigenvalue weighted by Crippen LogP contribution is -2.43. The summed E-state index contributed by atoms with van der Waals surface area (Å²) in [6.45, 7) is 0.362. The largest absolute Gasteiger partial charge is 0.329 e. The Morgan fingerprint density at radius 1 is 1.65 bits per heavy atom. The van der Waals surface area contributed by atoms with E-state index in [1.54, 1.807) is 14.1 Å². The second kappa shape index (κ2) is 4.40. The lowest BCUT2D eigenvalue weighted by atomic mass is 10.2. The fourth-order valence-corrected chi connectivity index (χ4v) is 3.41. The Labute approximate surface area is 101 Å². The van der Waals surface area contributed by atoms with Gasteiger partial charge in [0.25, 0.3) is 0 Å². The van der Waals surface area contributed by atoms with Gasteiger partial charge in [-0.15, -0.1) is 0 Å². The molecule has 0 spiro atoms. The van der Waals surface area contributed by atoms with Crippen molar-refractivity contribution in [3.8, 4) is 0 Å². The highest BCUT2D eigenvalue weighted by atomic mass is 32.2. The van der Waals surface area contributed by atoms with Crippen molar-refractivity contribution >= 4 is 10.0 Å². The van der Waals surface area contributed by atoms with Gasteiger partial charge in [0.1, 0.15) is 4.90 Å². The first-order valence-corrected chi connectivity index (χ1v) is 7.07. The van der Waals surface area contributed by atoms with E-state index in [2.05, 4.69) is 5.10 Å². The number of nitrogens with zero attached hydrogens (tertiary/aromatic N) is 3. The summed E-state index contributed by atoms with van der Waals surface area (Å²) in [7, 11) is -0.174. The molecule has 2 rings (SSSR count). The van der Waals surface area contributed by atoms with Crippen LogP contribution in [0, 0.1) is 5.92 Å². The summed E-state index contributed by atoms with van der Waals surface area (Å²) in [5.41, 5.74) is 5.67. The first-order valence-electron chi connectivity index (χ1n) is 5.63. The predicted molar refractivity (Wildman–Crippen MR) is 63.7 cm³/mol. The summed E-state index contributed by atoms with van der Waals surface area (Å²) in [6.07, 6.45) is 5.00. The smallest absolute Gasteiger partial charge is 0.246 e. The van der Waals surface area contributed by atoms with Crippen molar-refractivity contribution in [2.75, 3.05) is 13.6 Å². The van der Waals surface area contributed by atoms with Gasteiger partial charge in [0.2, 0.25) is 10.0 Å². The van der Waals surface area contributed by atoms with Gasteiger partial charge in [0.15, 0.2) is 0 Å². The minimum absolute atomic E-state index is 0.0970. The molecule has 0 aliphatic heterocycles. The van der Waals surface area contributed by atoms with Crippen LogP contribution in [0.15, 0.2) is 17.3 Å². The zero-order chi connectivity index (χ0) is 12.6. The summed E-state index contributed by atoms with van der Waals surface area (Å²) < 4.78 is 27.5. The molecule has 1 atom stereocenters. The molecule has 1 fully saturated rings. The molecular weight excluding hydrogens is 240 g/mol. The van der Waals surface area contributed by atoms with Crippen LogP contribution < -0.4 is 5.73 Å². The van der Waals surface area contributed by atoms with Gasteiger partial charge in [-0.25, -0.2) is 8.42 Å². The minimum atomic E-state index is -3.46. The van der Waals surface area contributed by atoms with Gasteiger partial charge in [-0.3, -0.25) is 4.68 Å². The average Bonchev–Trinajstić information content (AvgIpc) is 3.01. The second-order valence-corrected chi connectivity index (χ2v) is 6.51. The van der Waals surface area contributed by atoms with Crippen LogP contribution in [0.4, 0.5) is 0 Å². The minimum Gasteiger partial charge on any atom is -0.329 e. The Morgan fingerprint density at radius 3 is 2.71 bits per heavy atom. The number of hydrogen-bond acceptors (Lipinski definition) is 4. The molecule has 0 amide bonds. The molecule has 1 heterocycles. The number of hydrogen-bond donors (Lipinski definition) is 1. The summed E-state index contributed by atoms with van der Waals surface area (Å²) in [6, 6.07) is -0.0970. The third kappa shape index (κ3) is 2.36. The zero-order valence-electron chi connectivity index (χ0n) is 10.1. The number of sulfonamides is 1. The van der Waals surface area contributed by atoms with Gasteiger partial charge < -0.3 is 5.73 Å². The highest BCUT2D eigenvalue weighted by molar-refractivity contribution is 7.89. The number of rotatable bonds is 5. The highest BCUT2D eigenvalue weighted by Gasteiger charge is 2.38. The van der Waals surface area contributed by atoms with E-state index in [0.717, 1.165) is 12.8 Å². The van der Waals surface area contributed by atoms with Crippen molar-refractivity contribution in [2.45, 2.75) is 23.8 Å². The van der Waals surface area contributed by atoms with Crippen molar-refractivity contribution < 1.29 is 8.42 Å². The monoisotopic (exact) mass is 258 g/mol. The zero-order valence-corrected chi connectivity index (χ0v) is 10.9. The Hall–Kier alpha value is -0.920. The molecule has 96 valence electrons. The molecule has 1 unspecified atom stereocenters. The van der Waals surface area contributed by atoms with E-state index >= 15 is 0 Å². The van der Waals surface area contributed by atoms with E-state index in [4.69, 9.17) is 5.73 Å². The van der Waals surface area contributed by atoms with Gasteiger partial charge in [0, 0.05) is 32.9 Å². The molecular formula is C10H18N4O2S. The second-order valence-electron chi connectivity index (χ2n) is 4.51. The van der Waals surface area contributed by atoms with E-state index in [1.165, 1.54) is 21.4 Å². The molecule has 7 heteroatoms. The van der Waals surface area contributed by atoms with Crippen LogP contribution in [0.1, 0.15) is 12.8 Å². The van der Waals surface area contributed by atoms with Crippen LogP contribution in [0.2, 0.25) is 0 Å². The molecule has 1 aliphatic carbocycles. The average molecular weight is 258 g/mol. The first kappa shape index (κ1) is 12.5. The lowest BCUT2D eigenvalue weighted by Gasteiger charge is -2.25. The number of nitrogens with two attached hydrogens (primary N) is 1. The number of likely N-dealkylation sites (N-methyl/N-ethyl adjacent to an activating group) is 1. The third-order valence-electron chi connectivity index (χ3n) is 3.23. The normalized spacial score (nSPS) is 18.6. The standard InChI is InChI=1S/C10H18N4O2S/c1-13-7-9(6-12-13)17(15,16)14(2)10(5-11)8-3-4-8/h6-8,10H,3-5,11H2,1-2H3. The van der Waals surface area contributed by atoms with Gasteiger partial charge in [-0.05, 0) is 18.8 Å². The van der Waals surface area contributed by atoms with Crippen molar-refractivity contribution in [3.05, 3.63) is 12.4 Å². The van der Waals surface area contributed by atoms with Crippen LogP contribution >= 0.6 is 0 Å². The highest BCUT2D eigenvalue weighted by Crippen LogP contribution is 2.36. The molecule has 1 aromatic heterocycles. The van der Waals surface area contributed by atoms with E-state index in [9.17, 15) is 8.42 Å². The summed E-state index contributed by atoms with van der Waals surface area (Å²) >= 11 is 0. The Bertz CT molecular complexity index is 492. The van der Waals surface area contributed by atoms with Crippen molar-refractivity contribution in [1.29, 1.82) is 0 Å². The predicted octanol–water partition coefficient (Wildman–Crippen LogP) is -0.222. The van der Waals surface area contributed by atoms with Gasteiger partial charge in [-0.2, -0.15) is 9.40 Å². The van der Waals surface area contributed by atoms with E-state index in [-0.39, 0.29) is 10.9 Å².